The number of para-hydroxylation sites is 2. The third-order valence-electron chi connectivity index (χ3n) is 5.98. The largest absolute Gasteiger partial charge is 0.378 e. The molecule has 0 bridgehead atoms. The van der Waals surface area contributed by atoms with Crippen LogP contribution in [0.1, 0.15) is 19.4 Å². The quantitative estimate of drug-likeness (QED) is 0.598. The Kier molecular flexibility index (Phi) is 5.65. The van der Waals surface area contributed by atoms with E-state index < -0.39 is 0 Å². The molecule has 1 amide bonds. The first-order valence-electron chi connectivity index (χ1n) is 10.9. The van der Waals surface area contributed by atoms with Gasteiger partial charge < -0.3 is 15.0 Å². The lowest BCUT2D eigenvalue weighted by molar-refractivity contribution is -0.113. The number of fused-ring (bicyclic) bond motifs is 3. The fraction of sp³-hybridized carbons (Fsp3) is 0.375. The van der Waals surface area contributed by atoms with E-state index in [-0.39, 0.29) is 17.2 Å². The molecule has 2 aliphatic heterocycles. The number of nitrogens with one attached hydrogen (secondary N) is 1. The van der Waals surface area contributed by atoms with Crippen LogP contribution in [0.15, 0.2) is 53.7 Å². The van der Waals surface area contributed by atoms with Crippen LogP contribution in [0, 0.1) is 0 Å². The molecule has 0 saturated carbocycles. The van der Waals surface area contributed by atoms with Crippen molar-refractivity contribution in [1.82, 2.24) is 14.8 Å². The van der Waals surface area contributed by atoms with Gasteiger partial charge in [-0.05, 0) is 38.0 Å². The molecule has 8 heteroatoms. The third kappa shape index (κ3) is 4.00. The molecule has 0 unspecified atom stereocenters. The molecule has 1 saturated heterocycles. The molecule has 1 aromatic heterocycles. The van der Waals surface area contributed by atoms with Gasteiger partial charge in [0.1, 0.15) is 0 Å². The number of hydrogen-bond acceptors (Lipinski definition) is 6. The summed E-state index contributed by atoms with van der Waals surface area (Å²) in [4.78, 5) is 15.1. The molecule has 0 atom stereocenters. The Balaban J connectivity index is 1.31. The number of benzene rings is 2. The van der Waals surface area contributed by atoms with Crippen molar-refractivity contribution in [3.8, 4) is 11.4 Å². The maximum absolute atomic E-state index is 12.8. The highest BCUT2D eigenvalue weighted by Crippen LogP contribution is 2.39. The Hall–Kier alpha value is -2.84. The highest BCUT2D eigenvalue weighted by Gasteiger charge is 2.34. The summed E-state index contributed by atoms with van der Waals surface area (Å²) in [6.07, 6.45) is 0.904. The van der Waals surface area contributed by atoms with E-state index in [0.717, 1.165) is 47.4 Å². The highest BCUT2D eigenvalue weighted by atomic mass is 32.2. The predicted molar refractivity (Wildman–Crippen MR) is 127 cm³/mol. The summed E-state index contributed by atoms with van der Waals surface area (Å²) in [5, 5.41) is 12.8. The van der Waals surface area contributed by atoms with Crippen LogP contribution in [0.25, 0.3) is 11.4 Å². The van der Waals surface area contributed by atoms with Gasteiger partial charge in [-0.2, -0.15) is 0 Å². The number of hydrogen-bond donors (Lipinski definition) is 1. The summed E-state index contributed by atoms with van der Waals surface area (Å²) < 4.78 is 7.63. The van der Waals surface area contributed by atoms with Crippen LogP contribution in [0.2, 0.25) is 0 Å². The van der Waals surface area contributed by atoms with E-state index in [4.69, 9.17) is 4.74 Å². The van der Waals surface area contributed by atoms with E-state index in [0.29, 0.717) is 13.2 Å². The lowest BCUT2D eigenvalue weighted by Gasteiger charge is -2.34. The molecule has 3 heterocycles. The van der Waals surface area contributed by atoms with E-state index >= 15 is 0 Å². The molecule has 0 aliphatic carbocycles. The van der Waals surface area contributed by atoms with Crippen molar-refractivity contribution in [1.29, 1.82) is 0 Å². The number of aromatic nitrogens is 3. The molecule has 3 aromatic rings. The normalized spacial score (nSPS) is 16.9. The topological polar surface area (TPSA) is 72.3 Å². The van der Waals surface area contributed by atoms with Crippen molar-refractivity contribution < 1.29 is 9.53 Å². The Bertz CT molecular complexity index is 1140. The van der Waals surface area contributed by atoms with Crippen LogP contribution in [-0.4, -0.2) is 52.7 Å². The fourth-order valence-corrected chi connectivity index (χ4v) is 5.39. The van der Waals surface area contributed by atoms with E-state index in [9.17, 15) is 4.79 Å². The number of anilines is 2. The number of amides is 1. The van der Waals surface area contributed by atoms with Crippen LogP contribution in [0.3, 0.4) is 0 Å². The van der Waals surface area contributed by atoms with Crippen LogP contribution < -0.4 is 10.2 Å². The Morgan fingerprint density at radius 3 is 2.69 bits per heavy atom. The maximum Gasteiger partial charge on any atom is 0.234 e. The summed E-state index contributed by atoms with van der Waals surface area (Å²) >= 11 is 1.43. The molecule has 0 spiro atoms. The number of rotatable bonds is 5. The van der Waals surface area contributed by atoms with Crippen LogP contribution in [0.5, 0.6) is 0 Å². The summed E-state index contributed by atoms with van der Waals surface area (Å²) in [6, 6.07) is 16.3. The summed E-state index contributed by atoms with van der Waals surface area (Å²) in [5.74, 6) is 1.09. The summed E-state index contributed by atoms with van der Waals surface area (Å²) in [5.41, 5.74) is 4.11. The molecule has 2 aromatic carbocycles. The molecule has 32 heavy (non-hydrogen) atoms. The van der Waals surface area contributed by atoms with E-state index in [2.05, 4.69) is 57.0 Å². The molecule has 1 N–H and O–H groups in total. The molecule has 2 aliphatic rings. The maximum atomic E-state index is 12.8. The Morgan fingerprint density at radius 2 is 1.84 bits per heavy atom. The predicted octanol–water partition coefficient (Wildman–Crippen LogP) is 3.80. The minimum absolute atomic E-state index is 0.0536. The molecule has 0 radical (unpaired) electrons. The first-order valence-corrected chi connectivity index (χ1v) is 11.9. The van der Waals surface area contributed by atoms with Crippen molar-refractivity contribution in [2.24, 2.45) is 0 Å². The van der Waals surface area contributed by atoms with Gasteiger partial charge in [-0.3, -0.25) is 9.36 Å². The molecular weight excluding hydrogens is 422 g/mol. The average Bonchev–Trinajstić information content (AvgIpc) is 3.24. The van der Waals surface area contributed by atoms with Gasteiger partial charge in [0, 0.05) is 24.2 Å². The third-order valence-corrected chi connectivity index (χ3v) is 6.91. The number of carbonyl (C=O) groups excluding carboxylic acids is 1. The lowest BCUT2D eigenvalue weighted by atomic mass is 9.87. The van der Waals surface area contributed by atoms with Crippen LogP contribution in [0.4, 0.5) is 11.4 Å². The van der Waals surface area contributed by atoms with Gasteiger partial charge in [-0.15, -0.1) is 10.2 Å². The number of carbonyl (C=O) groups is 1. The highest BCUT2D eigenvalue weighted by molar-refractivity contribution is 7.99. The standard InChI is InChI=1S/C24H27N5O2S/c1-24(2)15-17-7-3-4-8-18(17)22-26-27-23(29(22)24)32-16-21(30)25-19-9-5-6-10-20(19)28-11-13-31-14-12-28/h3-10H,11-16H2,1-2H3,(H,25,30). The Morgan fingerprint density at radius 1 is 1.09 bits per heavy atom. The van der Waals surface area contributed by atoms with Gasteiger partial charge in [0.05, 0.1) is 30.3 Å². The summed E-state index contributed by atoms with van der Waals surface area (Å²) in [7, 11) is 0. The van der Waals surface area contributed by atoms with Crippen molar-refractivity contribution in [2.45, 2.75) is 31.0 Å². The van der Waals surface area contributed by atoms with Crippen molar-refractivity contribution in [3.63, 3.8) is 0 Å². The van der Waals surface area contributed by atoms with E-state index in [1.54, 1.807) is 0 Å². The van der Waals surface area contributed by atoms with Gasteiger partial charge in [0.2, 0.25) is 5.91 Å². The minimum Gasteiger partial charge on any atom is -0.378 e. The Labute approximate surface area is 192 Å². The number of morpholine rings is 1. The minimum atomic E-state index is -0.158. The second-order valence-corrected chi connectivity index (χ2v) is 9.68. The number of ether oxygens (including phenoxy) is 1. The molecule has 166 valence electrons. The van der Waals surface area contributed by atoms with Gasteiger partial charge in [0.15, 0.2) is 11.0 Å². The molecular formula is C24H27N5O2S. The molecule has 1 fully saturated rings. The fourth-order valence-electron chi connectivity index (χ4n) is 4.50. The van der Waals surface area contributed by atoms with E-state index in [1.165, 1.54) is 17.3 Å². The number of thioether (sulfide) groups is 1. The molecule has 7 nitrogen and oxygen atoms in total. The average molecular weight is 450 g/mol. The smallest absolute Gasteiger partial charge is 0.234 e. The van der Waals surface area contributed by atoms with Crippen molar-refractivity contribution in [3.05, 3.63) is 54.1 Å². The first-order chi connectivity index (χ1) is 15.5. The zero-order valence-corrected chi connectivity index (χ0v) is 19.2. The first kappa shape index (κ1) is 21.0. The second kappa shape index (κ2) is 8.60. The van der Waals surface area contributed by atoms with Gasteiger partial charge >= 0.3 is 0 Å². The zero-order valence-electron chi connectivity index (χ0n) is 18.4. The SMILES string of the molecule is CC1(C)Cc2ccccc2-c2nnc(SCC(=O)Nc3ccccc3N3CCOCC3)n21. The van der Waals surface area contributed by atoms with Crippen LogP contribution in [-0.2, 0) is 21.5 Å². The van der Waals surface area contributed by atoms with Crippen LogP contribution >= 0.6 is 11.8 Å². The van der Waals surface area contributed by atoms with Crippen molar-refractivity contribution in [2.75, 3.05) is 42.3 Å². The summed E-state index contributed by atoms with van der Waals surface area (Å²) in [6.45, 7) is 7.44. The van der Waals surface area contributed by atoms with Crippen molar-refractivity contribution >= 4 is 29.0 Å². The van der Waals surface area contributed by atoms with E-state index in [1.807, 2.05) is 30.3 Å². The van der Waals surface area contributed by atoms with Gasteiger partial charge in [-0.1, -0.05) is 48.2 Å². The lowest BCUT2D eigenvalue weighted by Crippen LogP contribution is -2.36. The van der Waals surface area contributed by atoms with Gasteiger partial charge in [0.25, 0.3) is 0 Å². The molecule has 5 rings (SSSR count). The second-order valence-electron chi connectivity index (χ2n) is 8.74. The monoisotopic (exact) mass is 449 g/mol. The van der Waals surface area contributed by atoms with Gasteiger partial charge in [-0.25, -0.2) is 0 Å². The zero-order chi connectivity index (χ0) is 22.1. The number of nitrogens with zero attached hydrogens (tertiary/aromatic N) is 4.